The number of thioether (sulfide) groups is 16. The smallest absolute Gasteiger partial charge is 0.0717 e. The van der Waals surface area contributed by atoms with Crippen LogP contribution < -0.4 is 0 Å². The summed E-state index contributed by atoms with van der Waals surface area (Å²) in [6.45, 7) is 0. The van der Waals surface area contributed by atoms with Gasteiger partial charge in [-0.15, -0.1) is 94.1 Å². The zero-order chi connectivity index (χ0) is 23.7. The van der Waals surface area contributed by atoms with Gasteiger partial charge in [0, 0.05) is 10.2 Å². The van der Waals surface area contributed by atoms with E-state index in [2.05, 4.69) is 25.0 Å². The number of hydrogen-bond acceptors (Lipinski definition) is 16. The van der Waals surface area contributed by atoms with Gasteiger partial charge >= 0.3 is 0 Å². The molecule has 0 unspecified atom stereocenters. The molecule has 0 atom stereocenters. The van der Waals surface area contributed by atoms with Crippen molar-refractivity contribution in [1.29, 1.82) is 0 Å². The van der Waals surface area contributed by atoms with Crippen molar-refractivity contribution in [3.63, 3.8) is 0 Å². The molecule has 5 aliphatic rings. The van der Waals surface area contributed by atoms with Crippen LogP contribution in [-0.4, -0.2) is 35.2 Å². The topological polar surface area (TPSA) is 0 Å². The van der Waals surface area contributed by atoms with Crippen LogP contribution in [0.15, 0.2) is 50.8 Å². The Kier molecular flexibility index (Phi) is 12.4. The summed E-state index contributed by atoms with van der Waals surface area (Å²) in [5.74, 6) is 0. The molecule has 0 aliphatic carbocycles. The highest BCUT2D eigenvalue weighted by atomic mass is 32.3. The van der Waals surface area contributed by atoms with Crippen LogP contribution in [0.2, 0.25) is 0 Å². The molecule has 5 rings (SSSR count). The fraction of sp³-hybridized carbons (Fsp3) is 0.333. The van der Waals surface area contributed by atoms with Gasteiger partial charge in [-0.05, 0) is 25.0 Å². The van der Waals surface area contributed by atoms with E-state index in [1.54, 1.807) is 0 Å². The molecule has 0 aromatic carbocycles. The van der Waals surface area contributed by atoms with Crippen LogP contribution in [0, 0.1) is 0 Å². The first kappa shape index (κ1) is 29.5. The summed E-state index contributed by atoms with van der Waals surface area (Å²) in [5, 5.41) is 2.17. The lowest BCUT2D eigenvalue weighted by molar-refractivity contribution is 2.15. The second-order valence-corrected chi connectivity index (χ2v) is 25.1. The van der Waals surface area contributed by atoms with E-state index >= 15 is 0 Å². The maximum absolute atomic E-state index is 2.19. The summed E-state index contributed by atoms with van der Waals surface area (Å²) in [7, 11) is 0. The SMILES string of the molecule is CSC1=C(SC)SC(=C2SC3=C(SCSC4=C(SCS3)SC(=C3SC(SC)=C(SC)S3)S4)S2)S1. The Labute approximate surface area is 270 Å². The minimum absolute atomic E-state index is 1.08. The summed E-state index contributed by atoms with van der Waals surface area (Å²) in [6.07, 6.45) is 8.78. The average molecular weight is 745 g/mol. The average Bonchev–Trinajstić information content (AvgIpc) is 3.63. The van der Waals surface area contributed by atoms with Crippen LogP contribution >= 0.6 is 188 Å². The highest BCUT2D eigenvalue weighted by molar-refractivity contribution is 8.49. The summed E-state index contributed by atoms with van der Waals surface area (Å²) in [5.41, 5.74) is 0. The number of rotatable bonds is 4. The fourth-order valence-corrected chi connectivity index (χ4v) is 25.9. The van der Waals surface area contributed by atoms with Crippen molar-refractivity contribution in [1.82, 2.24) is 0 Å². The zero-order valence-electron chi connectivity index (χ0n) is 17.9. The molecule has 0 fully saturated rings. The van der Waals surface area contributed by atoms with Crippen LogP contribution in [0.1, 0.15) is 0 Å². The largest absolute Gasteiger partial charge is 0.121 e. The summed E-state index contributed by atoms with van der Waals surface area (Å²) in [6, 6.07) is 0. The minimum atomic E-state index is 1.08. The molecule has 16 heteroatoms. The lowest BCUT2D eigenvalue weighted by atomic mass is 11.2. The van der Waals surface area contributed by atoms with Crippen molar-refractivity contribution in [3.8, 4) is 0 Å². The van der Waals surface area contributed by atoms with Crippen LogP contribution in [0.4, 0.5) is 0 Å². The van der Waals surface area contributed by atoms with Crippen molar-refractivity contribution >= 4 is 188 Å². The minimum Gasteiger partial charge on any atom is -0.121 e. The molecule has 5 aliphatic heterocycles. The van der Waals surface area contributed by atoms with Gasteiger partial charge in [-0.25, -0.2) is 0 Å². The first-order chi connectivity index (χ1) is 16.6. The van der Waals surface area contributed by atoms with Gasteiger partial charge in [0.25, 0.3) is 0 Å². The third-order valence-corrected chi connectivity index (χ3v) is 26.8. The Morgan fingerprint density at radius 1 is 0.353 bits per heavy atom. The van der Waals surface area contributed by atoms with Crippen LogP contribution in [0.3, 0.4) is 0 Å². The Balaban J connectivity index is 1.22. The lowest BCUT2D eigenvalue weighted by Gasteiger charge is -2.09. The molecule has 0 saturated carbocycles. The van der Waals surface area contributed by atoms with Crippen molar-refractivity contribution < 1.29 is 0 Å². The Hall–Kier alpha value is 4.04. The van der Waals surface area contributed by atoms with Gasteiger partial charge in [-0.1, -0.05) is 94.1 Å². The molecule has 0 saturated heterocycles. The highest BCUT2D eigenvalue weighted by Gasteiger charge is 2.33. The first-order valence-corrected chi connectivity index (χ1v) is 24.6. The van der Waals surface area contributed by atoms with Gasteiger partial charge in [0.1, 0.15) is 0 Å². The molecule has 0 amide bonds. The molecule has 0 nitrogen and oxygen atoms in total. The molecule has 5 heterocycles. The van der Waals surface area contributed by atoms with Gasteiger partial charge in [0.15, 0.2) is 0 Å². The van der Waals surface area contributed by atoms with Crippen molar-refractivity contribution in [2.75, 3.05) is 35.2 Å². The van der Waals surface area contributed by atoms with E-state index in [9.17, 15) is 0 Å². The van der Waals surface area contributed by atoms with Crippen molar-refractivity contribution in [3.05, 3.63) is 50.8 Å². The molecule has 0 aromatic heterocycles. The molecular weight excluding hydrogens is 729 g/mol. The third kappa shape index (κ3) is 6.91. The van der Waals surface area contributed by atoms with Gasteiger partial charge in [0.2, 0.25) is 0 Å². The predicted octanol–water partition coefficient (Wildman–Crippen LogP) is 13.0. The summed E-state index contributed by atoms with van der Waals surface area (Å²) in [4.78, 5) is 0. The molecule has 184 valence electrons. The fourth-order valence-electron chi connectivity index (χ4n) is 2.55. The van der Waals surface area contributed by atoms with E-state index in [0.717, 1.165) is 10.2 Å². The third-order valence-electron chi connectivity index (χ3n) is 3.98. The zero-order valence-corrected chi connectivity index (χ0v) is 31.0. The van der Waals surface area contributed by atoms with Crippen LogP contribution in [0.5, 0.6) is 0 Å². The van der Waals surface area contributed by atoms with E-state index in [1.165, 1.54) is 50.8 Å². The van der Waals surface area contributed by atoms with E-state index in [0.29, 0.717) is 0 Å². The molecular formula is C18H16S16. The monoisotopic (exact) mass is 744 g/mol. The van der Waals surface area contributed by atoms with Gasteiger partial charge < -0.3 is 0 Å². The number of hydrogen-bond donors (Lipinski definition) is 0. The molecule has 0 aromatic rings. The van der Waals surface area contributed by atoms with E-state index in [4.69, 9.17) is 0 Å². The molecule has 0 spiro atoms. The predicted molar refractivity (Wildman–Crippen MR) is 197 cm³/mol. The van der Waals surface area contributed by atoms with Crippen molar-refractivity contribution in [2.24, 2.45) is 0 Å². The van der Waals surface area contributed by atoms with Crippen LogP contribution in [-0.2, 0) is 0 Å². The van der Waals surface area contributed by atoms with E-state index < -0.39 is 0 Å². The second-order valence-electron chi connectivity index (χ2n) is 5.90. The highest BCUT2D eigenvalue weighted by Crippen LogP contribution is 2.69. The second kappa shape index (κ2) is 14.3. The standard InChI is InChI=1S/C18H16S16/c1-19-7-8(20-2)28-15(27-7)17-31-11-12(32-17)24-6-26-14-13(25-5-23-11)33-18(34-14)16-29-9(21-3)10(22-4)30-16/h5-6H2,1-4H3. The lowest BCUT2D eigenvalue weighted by Crippen LogP contribution is -1.80. The summed E-state index contributed by atoms with van der Waals surface area (Å²) < 4.78 is 17.8. The molecule has 34 heavy (non-hydrogen) atoms. The Morgan fingerprint density at radius 2 is 0.588 bits per heavy atom. The van der Waals surface area contributed by atoms with Gasteiger partial charge in [0.05, 0.1) is 50.8 Å². The molecule has 0 bridgehead atoms. The van der Waals surface area contributed by atoms with E-state index in [-0.39, 0.29) is 0 Å². The van der Waals surface area contributed by atoms with Crippen LogP contribution in [0.25, 0.3) is 0 Å². The van der Waals surface area contributed by atoms with E-state index in [1.807, 2.05) is 188 Å². The quantitative estimate of drug-likeness (QED) is 0.268. The maximum Gasteiger partial charge on any atom is 0.0717 e. The summed E-state index contributed by atoms with van der Waals surface area (Å²) >= 11 is 31.6. The Bertz CT molecular complexity index is 904. The van der Waals surface area contributed by atoms with Crippen molar-refractivity contribution in [2.45, 2.75) is 0 Å². The van der Waals surface area contributed by atoms with Gasteiger partial charge in [-0.2, -0.15) is 0 Å². The van der Waals surface area contributed by atoms with Gasteiger partial charge in [-0.3, -0.25) is 0 Å². The first-order valence-electron chi connectivity index (χ1n) is 9.19. The normalized spacial score (nSPS) is 24.4. The maximum atomic E-state index is 2.19. The Morgan fingerprint density at radius 3 is 0.824 bits per heavy atom. The molecule has 0 radical (unpaired) electrons. The molecule has 0 N–H and O–H groups in total.